The topological polar surface area (TPSA) is 52.6 Å². The monoisotopic (exact) mass is 377 g/mol. The zero-order chi connectivity index (χ0) is 18.6. The number of hydrogen-bond donors (Lipinski definition) is 1. The minimum atomic E-state index is -3.85. The fourth-order valence-electron chi connectivity index (χ4n) is 3.21. The summed E-state index contributed by atoms with van der Waals surface area (Å²) in [5.74, 6) is -0.556. The van der Waals surface area contributed by atoms with Gasteiger partial charge in [0.05, 0.1) is 17.1 Å². The van der Waals surface area contributed by atoms with Gasteiger partial charge in [0.15, 0.2) is 0 Å². The van der Waals surface area contributed by atoms with Crippen molar-refractivity contribution in [2.24, 2.45) is 0 Å². The molecule has 0 atom stereocenters. The third kappa shape index (κ3) is 3.54. The zero-order valence-electron chi connectivity index (χ0n) is 14.9. The van der Waals surface area contributed by atoms with Gasteiger partial charge in [0.1, 0.15) is 5.82 Å². The van der Waals surface area contributed by atoms with Crippen molar-refractivity contribution >= 4 is 27.3 Å². The second-order valence-corrected chi connectivity index (χ2v) is 8.00. The minimum absolute atomic E-state index is 0.0523. The van der Waals surface area contributed by atoms with E-state index in [1.54, 1.807) is 36.4 Å². The molecule has 0 bridgehead atoms. The number of hydrogen-bond acceptors (Lipinski definition) is 3. The maximum atomic E-state index is 14.3. The summed E-state index contributed by atoms with van der Waals surface area (Å²) in [4.78, 5) is 0. The van der Waals surface area contributed by atoms with Gasteiger partial charge in [-0.1, -0.05) is 37.1 Å². The molecule has 2 aromatic rings. The molecule has 1 N–H and O–H groups in total. The van der Waals surface area contributed by atoms with Gasteiger partial charge in [-0.2, -0.15) is 8.42 Å². The molecule has 0 spiro atoms. The minimum Gasteiger partial charge on any atom is -0.320 e. The Morgan fingerprint density at radius 1 is 0.885 bits per heavy atom. The number of unbranched alkanes of at least 4 members (excludes halogenated alkanes) is 3. The van der Waals surface area contributed by atoms with Gasteiger partial charge in [-0.3, -0.25) is 4.31 Å². The lowest BCUT2D eigenvalue weighted by molar-refractivity contribution is 0.583. The van der Waals surface area contributed by atoms with Crippen LogP contribution in [-0.4, -0.2) is 28.6 Å². The maximum Gasteiger partial charge on any atom is 0.331 e. The molecular weight excluding hydrogens is 353 g/mol. The van der Waals surface area contributed by atoms with E-state index < -0.39 is 16.0 Å². The van der Waals surface area contributed by atoms with E-state index in [1.807, 2.05) is 7.05 Å². The van der Waals surface area contributed by atoms with Crippen molar-refractivity contribution < 1.29 is 12.8 Å². The lowest BCUT2D eigenvalue weighted by Crippen LogP contribution is -2.36. The molecule has 5 nitrogen and oxygen atoms in total. The Kier molecular flexibility index (Phi) is 5.78. The molecule has 1 aliphatic rings. The molecular formula is C19H24FN3O2S. The smallest absolute Gasteiger partial charge is 0.320 e. The Balaban J connectivity index is 1.85. The van der Waals surface area contributed by atoms with Gasteiger partial charge in [0, 0.05) is 6.54 Å². The van der Waals surface area contributed by atoms with Gasteiger partial charge < -0.3 is 5.32 Å². The van der Waals surface area contributed by atoms with E-state index in [-0.39, 0.29) is 5.69 Å². The highest BCUT2D eigenvalue weighted by Gasteiger charge is 2.41. The molecule has 0 amide bonds. The zero-order valence-corrected chi connectivity index (χ0v) is 15.7. The number of rotatable bonds is 8. The van der Waals surface area contributed by atoms with Gasteiger partial charge in [-0.15, -0.1) is 0 Å². The predicted octanol–water partition coefficient (Wildman–Crippen LogP) is 3.81. The first-order chi connectivity index (χ1) is 12.6. The number of nitrogens with one attached hydrogen (secondary N) is 1. The Bertz CT molecular complexity index is 857. The molecule has 3 rings (SSSR count). The standard InChI is InChI=1S/C19H24FN3O2S/c1-21-14-8-2-3-9-15-22-18-12-6-7-13-19(18)23(26(22,24)25)17-11-5-4-10-16(17)20/h4-7,10-13,21H,2-3,8-9,14-15H2,1H3. The lowest BCUT2D eigenvalue weighted by Gasteiger charge is -2.22. The lowest BCUT2D eigenvalue weighted by atomic mass is 10.2. The van der Waals surface area contributed by atoms with Crippen molar-refractivity contribution in [3.05, 3.63) is 54.3 Å². The third-order valence-corrected chi connectivity index (χ3v) is 6.28. The van der Waals surface area contributed by atoms with Gasteiger partial charge in [-0.25, -0.2) is 8.70 Å². The van der Waals surface area contributed by atoms with Crippen molar-refractivity contribution in [2.45, 2.75) is 25.7 Å². The van der Waals surface area contributed by atoms with Crippen LogP contribution in [0, 0.1) is 5.82 Å². The average Bonchev–Trinajstić information content (AvgIpc) is 2.85. The molecule has 2 aromatic carbocycles. The number of nitrogens with zero attached hydrogens (tertiary/aromatic N) is 2. The first kappa shape index (κ1) is 18.7. The third-order valence-electron chi connectivity index (χ3n) is 4.49. The largest absolute Gasteiger partial charge is 0.331 e. The molecule has 0 saturated carbocycles. The van der Waals surface area contributed by atoms with Crippen molar-refractivity contribution in [3.63, 3.8) is 0 Å². The van der Waals surface area contributed by atoms with Gasteiger partial charge in [0.25, 0.3) is 0 Å². The molecule has 26 heavy (non-hydrogen) atoms. The molecule has 140 valence electrons. The molecule has 0 aromatic heterocycles. The number of halogens is 1. The summed E-state index contributed by atoms with van der Waals surface area (Å²) in [6, 6.07) is 13.0. The maximum absolute atomic E-state index is 14.3. The molecule has 1 heterocycles. The predicted molar refractivity (Wildman–Crippen MR) is 104 cm³/mol. The molecule has 0 saturated heterocycles. The van der Waals surface area contributed by atoms with Crippen LogP contribution in [-0.2, 0) is 10.2 Å². The van der Waals surface area contributed by atoms with Crippen LogP contribution >= 0.6 is 0 Å². The molecule has 1 aliphatic heterocycles. The fourth-order valence-corrected chi connectivity index (χ4v) is 4.97. The van der Waals surface area contributed by atoms with Gasteiger partial charge in [-0.05, 0) is 50.7 Å². The highest BCUT2D eigenvalue weighted by atomic mass is 32.2. The molecule has 0 aliphatic carbocycles. The molecule has 0 radical (unpaired) electrons. The first-order valence-electron chi connectivity index (χ1n) is 8.88. The quantitative estimate of drug-likeness (QED) is 0.712. The van der Waals surface area contributed by atoms with Gasteiger partial charge in [0.2, 0.25) is 0 Å². The SMILES string of the molecule is CNCCCCCCN1c2ccccc2N(c2ccccc2F)S1(=O)=O. The van der Waals surface area contributed by atoms with Gasteiger partial charge >= 0.3 is 10.2 Å². The summed E-state index contributed by atoms with van der Waals surface area (Å²) >= 11 is 0. The number of anilines is 3. The van der Waals surface area contributed by atoms with Crippen molar-refractivity contribution in [3.8, 4) is 0 Å². The van der Waals surface area contributed by atoms with E-state index in [1.165, 1.54) is 16.4 Å². The Labute approximate surface area is 154 Å². The molecule has 0 unspecified atom stereocenters. The summed E-state index contributed by atoms with van der Waals surface area (Å²) in [7, 11) is -1.92. The van der Waals surface area contributed by atoms with Crippen molar-refractivity contribution in [2.75, 3.05) is 28.7 Å². The van der Waals surface area contributed by atoms with Crippen LogP contribution in [0.2, 0.25) is 0 Å². The average molecular weight is 377 g/mol. The highest BCUT2D eigenvalue weighted by Crippen LogP contribution is 2.45. The van der Waals surface area contributed by atoms with E-state index in [0.717, 1.165) is 36.5 Å². The number of fused-ring (bicyclic) bond motifs is 1. The highest BCUT2D eigenvalue weighted by molar-refractivity contribution is 7.95. The normalized spacial score (nSPS) is 15.3. The second kappa shape index (κ2) is 8.05. The Hall–Kier alpha value is -2.12. The summed E-state index contributed by atoms with van der Waals surface area (Å²) in [5.41, 5.74) is 1.15. The second-order valence-electron chi connectivity index (χ2n) is 6.30. The van der Waals surface area contributed by atoms with Crippen molar-refractivity contribution in [1.82, 2.24) is 5.32 Å². The Morgan fingerprint density at radius 3 is 2.19 bits per heavy atom. The van der Waals surface area contributed by atoms with Crippen LogP contribution < -0.4 is 13.9 Å². The van der Waals surface area contributed by atoms with E-state index in [4.69, 9.17) is 0 Å². The van der Waals surface area contributed by atoms with E-state index >= 15 is 0 Å². The summed E-state index contributed by atoms with van der Waals surface area (Å²) in [5, 5.41) is 3.11. The summed E-state index contributed by atoms with van der Waals surface area (Å²) < 4.78 is 43.1. The first-order valence-corrected chi connectivity index (χ1v) is 10.3. The van der Waals surface area contributed by atoms with Crippen LogP contribution in [0.25, 0.3) is 0 Å². The van der Waals surface area contributed by atoms with Crippen LogP contribution in [0.3, 0.4) is 0 Å². The number of para-hydroxylation sites is 3. The van der Waals surface area contributed by atoms with Crippen molar-refractivity contribution in [1.29, 1.82) is 0 Å². The Morgan fingerprint density at radius 2 is 1.50 bits per heavy atom. The van der Waals surface area contributed by atoms with Crippen LogP contribution in [0.5, 0.6) is 0 Å². The van der Waals surface area contributed by atoms with Crippen LogP contribution in [0.15, 0.2) is 48.5 Å². The van der Waals surface area contributed by atoms with E-state index in [9.17, 15) is 12.8 Å². The molecule has 0 fully saturated rings. The van der Waals surface area contributed by atoms with Crippen LogP contribution in [0.1, 0.15) is 25.7 Å². The number of benzene rings is 2. The fraction of sp³-hybridized carbons (Fsp3) is 0.368. The van der Waals surface area contributed by atoms with Crippen LogP contribution in [0.4, 0.5) is 21.5 Å². The summed E-state index contributed by atoms with van der Waals surface area (Å²) in [6.07, 6.45) is 3.84. The van der Waals surface area contributed by atoms with E-state index in [0.29, 0.717) is 17.9 Å². The molecule has 7 heteroatoms. The summed E-state index contributed by atoms with van der Waals surface area (Å²) in [6.45, 7) is 1.36. The van der Waals surface area contributed by atoms with E-state index in [2.05, 4.69) is 5.32 Å².